The number of hydrogen-bond donors (Lipinski definition) is 1. The largest absolute Gasteiger partial charge is 0.507 e. The lowest BCUT2D eigenvalue weighted by Gasteiger charge is -2.38. The highest BCUT2D eigenvalue weighted by molar-refractivity contribution is 7.48. The van der Waals surface area contributed by atoms with Crippen LogP contribution in [0.1, 0.15) is 110 Å². The van der Waals surface area contributed by atoms with Gasteiger partial charge in [-0.25, -0.2) is 0 Å². The highest BCUT2D eigenvalue weighted by Crippen LogP contribution is 2.53. The first-order valence-corrected chi connectivity index (χ1v) is 13.6. The number of rotatable bonds is 9. The van der Waals surface area contributed by atoms with Gasteiger partial charge in [-0.1, -0.05) is 120 Å². The van der Waals surface area contributed by atoms with Crippen LogP contribution in [0.5, 0.6) is 5.75 Å². The molecule has 0 amide bonds. The highest BCUT2D eigenvalue weighted by Gasteiger charge is 2.37. The minimum atomic E-state index is -0.126. The van der Waals surface area contributed by atoms with Gasteiger partial charge in [0.25, 0.3) is 0 Å². The molecule has 2 atom stereocenters. The van der Waals surface area contributed by atoms with Crippen LogP contribution >= 0.6 is 8.58 Å². The van der Waals surface area contributed by atoms with Crippen molar-refractivity contribution in [1.82, 2.24) is 0 Å². The summed E-state index contributed by atoms with van der Waals surface area (Å²) < 4.78 is 0. The third kappa shape index (κ3) is 6.69. The Bertz CT molecular complexity index is 949. The molecular weight excluding hydrogens is 421 g/mol. The lowest BCUT2D eigenvalue weighted by Crippen LogP contribution is -2.27. The fraction of sp³-hybridized carbons (Fsp3) is 0.567. The van der Waals surface area contributed by atoms with E-state index in [-0.39, 0.29) is 16.0 Å². The Hall–Kier alpha value is -1.66. The molecule has 0 radical (unpaired) electrons. The van der Waals surface area contributed by atoms with Crippen LogP contribution in [0.4, 0.5) is 0 Å². The van der Waals surface area contributed by atoms with Crippen molar-refractivity contribution in [2.45, 2.75) is 103 Å². The molecule has 0 aliphatic carbocycles. The van der Waals surface area contributed by atoms with Gasteiger partial charge in [0, 0.05) is 24.0 Å². The van der Waals surface area contributed by atoms with Crippen LogP contribution in [0.2, 0.25) is 0 Å². The van der Waals surface area contributed by atoms with E-state index in [1.807, 2.05) is 13.3 Å². The number of nitrogens with zero attached hydrogens (tertiary/aromatic N) is 1. The van der Waals surface area contributed by atoms with Gasteiger partial charge in [0.1, 0.15) is 5.75 Å². The standard InChI is InChI=1S/C30H46NOP/c1-10-12-15-18-30(11-2,33-26-17-14-13-16-22(26)21-31-9)25-20-23(28(3,4)5)19-24(27(25)32)29(6,7)8/h13-14,16-17,19-21,32-33H,10-12,15,18H2,1-9H3. The second kappa shape index (κ2) is 11.2. The maximum Gasteiger partial charge on any atom is 0.123 e. The summed E-state index contributed by atoms with van der Waals surface area (Å²) in [5, 5.41) is 13.0. The molecule has 0 aromatic heterocycles. The number of unbranched alkanes of at least 4 members (excludes halogenated alkanes) is 2. The number of aromatic hydroxyl groups is 1. The molecule has 0 spiro atoms. The number of hydrogen-bond acceptors (Lipinski definition) is 2. The van der Waals surface area contributed by atoms with Gasteiger partial charge in [0.15, 0.2) is 0 Å². The van der Waals surface area contributed by atoms with E-state index < -0.39 is 0 Å². The smallest absolute Gasteiger partial charge is 0.123 e. The van der Waals surface area contributed by atoms with Crippen molar-refractivity contribution in [3.63, 3.8) is 0 Å². The Kier molecular flexibility index (Phi) is 9.34. The molecule has 0 aliphatic heterocycles. The van der Waals surface area contributed by atoms with Crippen LogP contribution in [0.3, 0.4) is 0 Å². The molecule has 0 saturated carbocycles. The van der Waals surface area contributed by atoms with E-state index >= 15 is 0 Å². The average Bonchev–Trinajstić information content (AvgIpc) is 2.73. The number of benzene rings is 2. The Balaban J connectivity index is 2.81. The van der Waals surface area contributed by atoms with E-state index in [1.54, 1.807) is 0 Å². The molecule has 0 heterocycles. The molecule has 2 aromatic rings. The molecule has 0 saturated heterocycles. The Morgan fingerprint density at radius 3 is 2.09 bits per heavy atom. The van der Waals surface area contributed by atoms with Gasteiger partial charge >= 0.3 is 0 Å². The molecule has 2 rings (SSSR count). The third-order valence-corrected chi connectivity index (χ3v) is 8.79. The van der Waals surface area contributed by atoms with Crippen molar-refractivity contribution in [1.29, 1.82) is 0 Å². The molecule has 1 N–H and O–H groups in total. The topological polar surface area (TPSA) is 32.6 Å². The molecular formula is C30H46NOP. The van der Waals surface area contributed by atoms with Gasteiger partial charge < -0.3 is 5.11 Å². The first kappa shape index (κ1) is 27.6. The minimum Gasteiger partial charge on any atom is -0.507 e. The average molecular weight is 468 g/mol. The highest BCUT2D eigenvalue weighted by atomic mass is 31.1. The first-order valence-electron chi connectivity index (χ1n) is 12.6. The molecule has 3 heteroatoms. The van der Waals surface area contributed by atoms with Crippen molar-refractivity contribution in [3.8, 4) is 5.75 Å². The molecule has 33 heavy (non-hydrogen) atoms. The van der Waals surface area contributed by atoms with Crippen LogP contribution in [-0.4, -0.2) is 18.4 Å². The maximum absolute atomic E-state index is 11.8. The third-order valence-electron chi connectivity index (χ3n) is 6.71. The SMILES string of the molecule is CCCCCC(CC)(Pc1ccccc1C=NC)c1cc(C(C)(C)C)cc(C(C)(C)C)c1O. The molecule has 2 aromatic carbocycles. The lowest BCUT2D eigenvalue weighted by molar-refractivity contribution is 0.415. The van der Waals surface area contributed by atoms with Gasteiger partial charge in [0.05, 0.1) is 0 Å². The summed E-state index contributed by atoms with van der Waals surface area (Å²) in [7, 11) is 2.40. The number of phenols is 1. The molecule has 0 aliphatic rings. The van der Waals surface area contributed by atoms with Gasteiger partial charge in [0.2, 0.25) is 0 Å². The fourth-order valence-corrected chi connectivity index (χ4v) is 6.31. The fourth-order valence-electron chi connectivity index (χ4n) is 4.52. The second-order valence-electron chi connectivity index (χ2n) is 11.4. The zero-order valence-electron chi connectivity index (χ0n) is 22.5. The van der Waals surface area contributed by atoms with E-state index in [2.05, 4.69) is 96.8 Å². The second-order valence-corrected chi connectivity index (χ2v) is 13.2. The van der Waals surface area contributed by atoms with E-state index in [4.69, 9.17) is 0 Å². The normalized spacial score (nSPS) is 14.9. The van der Waals surface area contributed by atoms with Crippen LogP contribution < -0.4 is 5.30 Å². The minimum absolute atomic E-state index is 0.0151. The molecule has 0 bridgehead atoms. The summed E-state index contributed by atoms with van der Waals surface area (Å²) in [6.07, 6.45) is 7.64. The van der Waals surface area contributed by atoms with Crippen LogP contribution in [0.15, 0.2) is 41.4 Å². The number of phenolic OH excluding ortho intramolecular Hbond substituents is 1. The number of aliphatic imine (C=N–C) groups is 1. The molecule has 0 fully saturated rings. The van der Waals surface area contributed by atoms with Crippen molar-refractivity contribution in [3.05, 3.63) is 58.7 Å². The van der Waals surface area contributed by atoms with E-state index in [0.717, 1.165) is 24.0 Å². The predicted molar refractivity (Wildman–Crippen MR) is 150 cm³/mol. The molecule has 182 valence electrons. The Morgan fingerprint density at radius 1 is 0.909 bits per heavy atom. The predicted octanol–water partition coefficient (Wildman–Crippen LogP) is 8.23. The molecule has 2 nitrogen and oxygen atoms in total. The van der Waals surface area contributed by atoms with Gasteiger partial charge in [-0.3, -0.25) is 4.99 Å². The summed E-state index contributed by atoms with van der Waals surface area (Å²) in [6, 6.07) is 13.2. The van der Waals surface area contributed by atoms with Crippen molar-refractivity contribution in [2.75, 3.05) is 7.05 Å². The summed E-state index contributed by atoms with van der Waals surface area (Å²) in [5.74, 6) is 0.503. The lowest BCUT2D eigenvalue weighted by atomic mass is 9.76. The maximum atomic E-state index is 11.8. The van der Waals surface area contributed by atoms with Gasteiger partial charge in [-0.2, -0.15) is 0 Å². The van der Waals surface area contributed by atoms with E-state index in [9.17, 15) is 5.11 Å². The van der Waals surface area contributed by atoms with Crippen molar-refractivity contribution < 1.29 is 5.11 Å². The van der Waals surface area contributed by atoms with Gasteiger partial charge in [-0.05, 0) is 45.7 Å². The monoisotopic (exact) mass is 467 g/mol. The van der Waals surface area contributed by atoms with Crippen LogP contribution in [0.25, 0.3) is 0 Å². The van der Waals surface area contributed by atoms with Crippen molar-refractivity contribution in [2.24, 2.45) is 4.99 Å². The molecule has 2 unspecified atom stereocenters. The van der Waals surface area contributed by atoms with Crippen LogP contribution in [0, 0.1) is 0 Å². The zero-order valence-corrected chi connectivity index (χ0v) is 23.5. The quantitative estimate of drug-likeness (QED) is 0.225. The Labute approximate surface area is 205 Å². The first-order chi connectivity index (χ1) is 15.4. The van der Waals surface area contributed by atoms with Crippen LogP contribution in [-0.2, 0) is 16.0 Å². The zero-order chi connectivity index (χ0) is 24.9. The summed E-state index contributed by atoms with van der Waals surface area (Å²) in [5.41, 5.74) is 4.59. The summed E-state index contributed by atoms with van der Waals surface area (Å²) in [6.45, 7) is 18.0. The van der Waals surface area contributed by atoms with E-state index in [0.29, 0.717) is 14.3 Å². The van der Waals surface area contributed by atoms with Crippen molar-refractivity contribution >= 4 is 20.1 Å². The van der Waals surface area contributed by atoms with E-state index in [1.165, 1.54) is 35.7 Å². The summed E-state index contributed by atoms with van der Waals surface area (Å²) >= 11 is 0. The summed E-state index contributed by atoms with van der Waals surface area (Å²) in [4.78, 5) is 4.31. The Morgan fingerprint density at radius 2 is 1.55 bits per heavy atom. The van der Waals surface area contributed by atoms with Gasteiger partial charge in [-0.15, -0.1) is 0 Å².